The minimum Gasteiger partial charge on any atom is -0.269 e. The second kappa shape index (κ2) is 6.60. The molecule has 0 aliphatic rings. The fourth-order valence-corrected chi connectivity index (χ4v) is 2.11. The van der Waals surface area contributed by atoms with Gasteiger partial charge >= 0.3 is 18.3 Å². The molecular weight excluding hydrogens is 404 g/mol. The van der Waals surface area contributed by atoms with Gasteiger partial charge in [0.15, 0.2) is 0 Å². The molecule has 0 atom stereocenters. The Hall–Kier alpha value is -3.48. The summed E-state index contributed by atoms with van der Waals surface area (Å²) in [5.41, 5.74) is -7.34. The monoisotopic (exact) mass is 408 g/mol. The molecule has 0 radical (unpaired) electrons. The molecule has 1 aromatic carbocycles. The van der Waals surface area contributed by atoms with E-state index in [9.17, 15) is 39.9 Å². The number of rotatable bonds is 2. The molecule has 0 spiro atoms. The molecule has 0 aliphatic carbocycles. The summed E-state index contributed by atoms with van der Waals surface area (Å²) < 4.78 is 102. The summed E-state index contributed by atoms with van der Waals surface area (Å²) in [5, 5.41) is 18.1. The average Bonchev–Trinajstić information content (AvgIpc) is 2.58. The van der Waals surface area contributed by atoms with Crippen LogP contribution < -0.4 is 5.56 Å². The van der Waals surface area contributed by atoms with Gasteiger partial charge in [-0.2, -0.15) is 45.6 Å². The van der Waals surface area contributed by atoms with E-state index in [4.69, 9.17) is 10.5 Å². The highest BCUT2D eigenvalue weighted by molar-refractivity contribution is 5.60. The molecule has 0 aliphatic heterocycles. The van der Waals surface area contributed by atoms with Crippen molar-refractivity contribution in [1.82, 2.24) is 9.55 Å². The standard InChI is InChI=1S/C15H4F8N4O/c16-13(17,15(21,22)23)10-3-11(28)27(6-26-10)12-7(4-24)1-9(14(18,19)20)2-8(12)5-25/h1-3,6H. The van der Waals surface area contributed by atoms with Crippen LogP contribution in [0.2, 0.25) is 0 Å². The number of benzene rings is 1. The Morgan fingerprint density at radius 1 is 0.893 bits per heavy atom. The highest BCUT2D eigenvalue weighted by Crippen LogP contribution is 2.42. The Labute approximate surface area is 149 Å². The van der Waals surface area contributed by atoms with Crippen LogP contribution in [-0.4, -0.2) is 15.7 Å². The lowest BCUT2D eigenvalue weighted by Crippen LogP contribution is -2.36. The van der Waals surface area contributed by atoms with Gasteiger partial charge < -0.3 is 0 Å². The van der Waals surface area contributed by atoms with E-state index in [1.165, 1.54) is 12.1 Å². The molecule has 28 heavy (non-hydrogen) atoms. The van der Waals surface area contributed by atoms with E-state index in [0.29, 0.717) is 12.1 Å². The molecule has 0 N–H and O–H groups in total. The molecule has 1 aromatic heterocycles. The van der Waals surface area contributed by atoms with Gasteiger partial charge in [0.2, 0.25) is 0 Å². The predicted octanol–water partition coefficient (Wildman–Crippen LogP) is 3.65. The van der Waals surface area contributed by atoms with Crippen LogP contribution in [0.25, 0.3) is 5.69 Å². The number of alkyl halides is 8. The van der Waals surface area contributed by atoms with Crippen LogP contribution in [0.4, 0.5) is 35.1 Å². The zero-order chi connectivity index (χ0) is 21.5. The third-order valence-electron chi connectivity index (χ3n) is 3.41. The van der Waals surface area contributed by atoms with Gasteiger partial charge in [-0.1, -0.05) is 0 Å². The molecule has 146 valence electrons. The SMILES string of the molecule is N#Cc1cc(C(F)(F)F)cc(C#N)c1-n1cnc(C(F)(F)C(F)(F)F)cc1=O. The quantitative estimate of drug-likeness (QED) is 0.711. The first kappa shape index (κ1) is 20.8. The molecule has 13 heteroatoms. The Bertz CT molecular complexity index is 1030. The summed E-state index contributed by atoms with van der Waals surface area (Å²) in [4.78, 5) is 14.8. The Kier molecular flexibility index (Phi) is 4.91. The van der Waals surface area contributed by atoms with Gasteiger partial charge in [-0.3, -0.25) is 9.36 Å². The number of nitrogens with zero attached hydrogens (tertiary/aromatic N) is 4. The van der Waals surface area contributed by atoms with Gasteiger partial charge in [0.25, 0.3) is 5.56 Å². The lowest BCUT2D eigenvalue weighted by Gasteiger charge is -2.19. The fourth-order valence-electron chi connectivity index (χ4n) is 2.11. The zero-order valence-electron chi connectivity index (χ0n) is 13.0. The molecular formula is C15H4F8N4O. The van der Waals surface area contributed by atoms with Crippen molar-refractivity contribution in [3.63, 3.8) is 0 Å². The molecule has 1 heterocycles. The summed E-state index contributed by atoms with van der Waals surface area (Å²) in [6.07, 6.45) is -10.8. The lowest BCUT2D eigenvalue weighted by molar-refractivity contribution is -0.291. The maximum Gasteiger partial charge on any atom is 0.459 e. The summed E-state index contributed by atoms with van der Waals surface area (Å²) in [7, 11) is 0. The van der Waals surface area contributed by atoms with Gasteiger partial charge in [0.1, 0.15) is 24.2 Å². The normalized spacial score (nSPS) is 12.4. The summed E-state index contributed by atoms with van der Waals surface area (Å²) in [6.45, 7) is 0. The molecule has 2 rings (SSSR count). The first-order chi connectivity index (χ1) is 12.7. The van der Waals surface area contributed by atoms with E-state index in [0.717, 1.165) is 0 Å². The number of hydrogen-bond acceptors (Lipinski definition) is 4. The minimum atomic E-state index is -6.05. The summed E-state index contributed by atoms with van der Waals surface area (Å²) in [6, 6.07) is 3.02. The molecule has 0 fully saturated rings. The van der Waals surface area contributed by atoms with Crippen LogP contribution in [0.1, 0.15) is 22.4 Å². The van der Waals surface area contributed by atoms with Gasteiger partial charge in [0.05, 0.1) is 22.4 Å². The lowest BCUT2D eigenvalue weighted by atomic mass is 10.0. The first-order valence-corrected chi connectivity index (χ1v) is 6.83. The van der Waals surface area contributed by atoms with Crippen LogP contribution in [0.15, 0.2) is 29.3 Å². The van der Waals surface area contributed by atoms with Gasteiger partial charge in [-0.25, -0.2) is 4.98 Å². The Morgan fingerprint density at radius 3 is 1.75 bits per heavy atom. The maximum absolute atomic E-state index is 13.3. The molecule has 0 unspecified atom stereocenters. The van der Waals surface area contributed by atoms with Crippen molar-refractivity contribution in [2.24, 2.45) is 0 Å². The first-order valence-electron chi connectivity index (χ1n) is 6.83. The highest BCUT2D eigenvalue weighted by atomic mass is 19.4. The minimum absolute atomic E-state index is 0.168. The second-order valence-electron chi connectivity index (χ2n) is 5.20. The van der Waals surface area contributed by atoms with Crippen molar-refractivity contribution in [2.75, 3.05) is 0 Å². The van der Waals surface area contributed by atoms with Gasteiger partial charge in [-0.05, 0) is 12.1 Å². The van der Waals surface area contributed by atoms with Crippen LogP contribution >= 0.6 is 0 Å². The molecule has 0 saturated heterocycles. The number of halogens is 8. The summed E-state index contributed by atoms with van der Waals surface area (Å²) >= 11 is 0. The van der Waals surface area contributed by atoms with Gasteiger partial charge in [-0.15, -0.1) is 0 Å². The van der Waals surface area contributed by atoms with Crippen molar-refractivity contribution in [2.45, 2.75) is 18.3 Å². The number of aromatic nitrogens is 2. The molecule has 0 amide bonds. The van der Waals surface area contributed by atoms with Crippen LogP contribution in [0, 0.1) is 22.7 Å². The number of hydrogen-bond donors (Lipinski definition) is 0. The third-order valence-corrected chi connectivity index (χ3v) is 3.41. The van der Waals surface area contributed by atoms with Crippen molar-refractivity contribution >= 4 is 0 Å². The summed E-state index contributed by atoms with van der Waals surface area (Å²) in [5.74, 6) is -5.47. The Balaban J connectivity index is 2.76. The zero-order valence-corrected chi connectivity index (χ0v) is 13.0. The van der Waals surface area contributed by atoms with E-state index >= 15 is 0 Å². The van der Waals surface area contributed by atoms with Crippen LogP contribution in [0.3, 0.4) is 0 Å². The van der Waals surface area contributed by atoms with E-state index < -0.39 is 51.9 Å². The van der Waals surface area contributed by atoms with E-state index in [2.05, 4.69) is 4.98 Å². The van der Waals surface area contributed by atoms with E-state index in [1.54, 1.807) is 0 Å². The van der Waals surface area contributed by atoms with Crippen molar-refractivity contribution in [3.8, 4) is 17.8 Å². The Morgan fingerprint density at radius 2 is 1.39 bits per heavy atom. The maximum atomic E-state index is 13.3. The van der Waals surface area contributed by atoms with E-state index in [-0.39, 0.29) is 17.0 Å². The highest BCUT2D eigenvalue weighted by Gasteiger charge is 2.60. The third kappa shape index (κ3) is 3.51. The van der Waals surface area contributed by atoms with E-state index in [1.807, 2.05) is 0 Å². The molecule has 2 aromatic rings. The van der Waals surface area contributed by atoms with Gasteiger partial charge in [0, 0.05) is 6.07 Å². The smallest absolute Gasteiger partial charge is 0.269 e. The largest absolute Gasteiger partial charge is 0.459 e. The van der Waals surface area contributed by atoms with Crippen LogP contribution in [0.5, 0.6) is 0 Å². The molecule has 0 saturated carbocycles. The van der Waals surface area contributed by atoms with Crippen molar-refractivity contribution in [1.29, 1.82) is 10.5 Å². The van der Waals surface area contributed by atoms with Crippen molar-refractivity contribution in [3.05, 3.63) is 57.3 Å². The second-order valence-corrected chi connectivity index (χ2v) is 5.20. The topological polar surface area (TPSA) is 82.5 Å². The molecule has 0 bridgehead atoms. The average molecular weight is 408 g/mol. The molecule has 5 nitrogen and oxygen atoms in total. The number of nitriles is 2. The van der Waals surface area contributed by atoms with Crippen molar-refractivity contribution < 1.29 is 35.1 Å². The van der Waals surface area contributed by atoms with Crippen LogP contribution in [-0.2, 0) is 12.1 Å². The fraction of sp³-hybridized carbons (Fsp3) is 0.200. The predicted molar refractivity (Wildman–Crippen MR) is 74.2 cm³/mol.